The molecular formula is C11H21N3. The third-order valence-electron chi connectivity index (χ3n) is 3.24. The Kier molecular flexibility index (Phi) is 2.94. The zero-order valence-corrected chi connectivity index (χ0v) is 9.08. The summed E-state index contributed by atoms with van der Waals surface area (Å²) in [6.07, 6.45) is 6.62. The van der Waals surface area contributed by atoms with E-state index in [0.717, 1.165) is 25.0 Å². The van der Waals surface area contributed by atoms with Gasteiger partial charge >= 0.3 is 0 Å². The van der Waals surface area contributed by atoms with E-state index in [4.69, 9.17) is 5.73 Å². The zero-order valence-electron chi connectivity index (χ0n) is 9.08. The maximum atomic E-state index is 5.89. The Labute approximate surface area is 86.4 Å². The third kappa shape index (κ3) is 2.20. The lowest BCUT2D eigenvalue weighted by Gasteiger charge is -2.26. The molecule has 1 atom stereocenters. The third-order valence-corrected chi connectivity index (χ3v) is 3.24. The van der Waals surface area contributed by atoms with E-state index >= 15 is 0 Å². The van der Waals surface area contributed by atoms with Gasteiger partial charge in [-0.15, -0.1) is 0 Å². The summed E-state index contributed by atoms with van der Waals surface area (Å²) in [4.78, 5) is 6.69. The Balaban J connectivity index is 1.83. The van der Waals surface area contributed by atoms with Crippen LogP contribution >= 0.6 is 0 Å². The van der Waals surface area contributed by atoms with Crippen LogP contribution in [0, 0.1) is 5.92 Å². The molecule has 0 aromatic rings. The summed E-state index contributed by atoms with van der Waals surface area (Å²) in [6.45, 7) is 4.33. The van der Waals surface area contributed by atoms with Gasteiger partial charge in [-0.3, -0.25) is 4.99 Å². The van der Waals surface area contributed by atoms with Crippen LogP contribution < -0.4 is 5.73 Å². The molecule has 1 heterocycles. The standard InChI is InChI=1S/C11H21N3/c1-2-3-4-10-7-13-11(12)14(10)8-9-5-6-9/h9-10H,2-8H2,1H3,(H2,12,13). The normalized spacial score (nSPS) is 26.8. The van der Waals surface area contributed by atoms with Crippen LogP contribution in [-0.4, -0.2) is 30.0 Å². The number of nitrogens with two attached hydrogens (primary N) is 1. The van der Waals surface area contributed by atoms with Crippen molar-refractivity contribution in [1.82, 2.24) is 4.90 Å². The van der Waals surface area contributed by atoms with E-state index in [9.17, 15) is 0 Å². The van der Waals surface area contributed by atoms with Crippen LogP contribution in [0.3, 0.4) is 0 Å². The summed E-state index contributed by atoms with van der Waals surface area (Å²) < 4.78 is 0. The van der Waals surface area contributed by atoms with Gasteiger partial charge in [0.05, 0.1) is 12.6 Å². The Morgan fingerprint density at radius 2 is 2.29 bits per heavy atom. The minimum Gasteiger partial charge on any atom is -0.370 e. The molecule has 3 heteroatoms. The predicted octanol–water partition coefficient (Wildman–Crippen LogP) is 1.59. The molecule has 0 amide bonds. The fourth-order valence-corrected chi connectivity index (χ4v) is 2.08. The highest BCUT2D eigenvalue weighted by Gasteiger charge is 2.31. The van der Waals surface area contributed by atoms with E-state index in [-0.39, 0.29) is 0 Å². The van der Waals surface area contributed by atoms with E-state index in [0.29, 0.717) is 6.04 Å². The number of guanidine groups is 1. The monoisotopic (exact) mass is 195 g/mol. The van der Waals surface area contributed by atoms with Crippen molar-refractivity contribution in [3.63, 3.8) is 0 Å². The van der Waals surface area contributed by atoms with Crippen LogP contribution in [0.15, 0.2) is 4.99 Å². The lowest BCUT2D eigenvalue weighted by Crippen LogP contribution is -2.41. The molecule has 0 aromatic carbocycles. The number of hydrogen-bond acceptors (Lipinski definition) is 3. The van der Waals surface area contributed by atoms with Crippen molar-refractivity contribution in [2.45, 2.75) is 45.1 Å². The van der Waals surface area contributed by atoms with Crippen molar-refractivity contribution in [3.8, 4) is 0 Å². The number of rotatable bonds is 5. The Morgan fingerprint density at radius 3 is 2.93 bits per heavy atom. The number of unbranched alkanes of at least 4 members (excludes halogenated alkanes) is 1. The first kappa shape index (κ1) is 9.81. The van der Waals surface area contributed by atoms with Crippen molar-refractivity contribution in [1.29, 1.82) is 0 Å². The maximum absolute atomic E-state index is 5.89. The van der Waals surface area contributed by atoms with Gasteiger partial charge < -0.3 is 10.6 Å². The second kappa shape index (κ2) is 4.20. The number of aliphatic imine (C=N–C) groups is 1. The average molecular weight is 195 g/mol. The molecule has 14 heavy (non-hydrogen) atoms. The Bertz CT molecular complexity index is 221. The average Bonchev–Trinajstić information content (AvgIpc) is 2.92. The molecule has 0 spiro atoms. The van der Waals surface area contributed by atoms with Crippen molar-refractivity contribution in [2.75, 3.05) is 13.1 Å². The topological polar surface area (TPSA) is 41.6 Å². The highest BCUT2D eigenvalue weighted by molar-refractivity contribution is 5.80. The molecule has 0 aromatic heterocycles. The van der Waals surface area contributed by atoms with Crippen LogP contribution in [0.25, 0.3) is 0 Å². The quantitative estimate of drug-likeness (QED) is 0.723. The molecule has 0 bridgehead atoms. The molecule has 1 unspecified atom stereocenters. The molecule has 1 aliphatic carbocycles. The van der Waals surface area contributed by atoms with Crippen molar-refractivity contribution >= 4 is 5.96 Å². The van der Waals surface area contributed by atoms with Gasteiger partial charge in [0.2, 0.25) is 0 Å². The van der Waals surface area contributed by atoms with Gasteiger partial charge in [0, 0.05) is 6.54 Å². The first-order chi connectivity index (χ1) is 6.81. The van der Waals surface area contributed by atoms with E-state index in [2.05, 4.69) is 16.8 Å². The predicted molar refractivity (Wildman–Crippen MR) is 59.2 cm³/mol. The minimum atomic E-state index is 0.607. The van der Waals surface area contributed by atoms with Gasteiger partial charge in [0.1, 0.15) is 0 Å². The molecule has 1 fully saturated rings. The lowest BCUT2D eigenvalue weighted by atomic mass is 10.1. The van der Waals surface area contributed by atoms with Gasteiger partial charge in [-0.05, 0) is 25.2 Å². The fraction of sp³-hybridized carbons (Fsp3) is 0.909. The first-order valence-corrected chi connectivity index (χ1v) is 5.87. The summed E-state index contributed by atoms with van der Waals surface area (Å²) in [6, 6.07) is 0.607. The van der Waals surface area contributed by atoms with E-state index in [1.165, 1.54) is 32.1 Å². The largest absolute Gasteiger partial charge is 0.370 e. The smallest absolute Gasteiger partial charge is 0.191 e. The summed E-state index contributed by atoms with van der Waals surface area (Å²) in [5, 5.41) is 0. The first-order valence-electron chi connectivity index (χ1n) is 5.87. The van der Waals surface area contributed by atoms with Crippen molar-refractivity contribution < 1.29 is 0 Å². The van der Waals surface area contributed by atoms with Crippen LogP contribution in [0.2, 0.25) is 0 Å². The van der Waals surface area contributed by atoms with Gasteiger partial charge in [-0.2, -0.15) is 0 Å². The van der Waals surface area contributed by atoms with Crippen molar-refractivity contribution in [2.24, 2.45) is 16.6 Å². The lowest BCUT2D eigenvalue weighted by molar-refractivity contribution is 0.307. The zero-order chi connectivity index (χ0) is 9.97. The molecule has 1 saturated carbocycles. The SMILES string of the molecule is CCCCC1CN=C(N)N1CC1CC1. The van der Waals surface area contributed by atoms with Crippen LogP contribution in [-0.2, 0) is 0 Å². The molecule has 2 aliphatic rings. The molecule has 1 aliphatic heterocycles. The molecule has 2 rings (SSSR count). The van der Waals surface area contributed by atoms with E-state index < -0.39 is 0 Å². The summed E-state index contributed by atoms with van der Waals surface area (Å²) in [7, 11) is 0. The van der Waals surface area contributed by atoms with Gasteiger partial charge in [-0.1, -0.05) is 19.8 Å². The summed E-state index contributed by atoms with van der Waals surface area (Å²) in [5.74, 6) is 1.70. The number of nitrogens with zero attached hydrogens (tertiary/aromatic N) is 2. The number of hydrogen-bond donors (Lipinski definition) is 1. The summed E-state index contributed by atoms with van der Waals surface area (Å²) >= 11 is 0. The highest BCUT2D eigenvalue weighted by Crippen LogP contribution is 2.31. The molecule has 0 saturated heterocycles. The van der Waals surface area contributed by atoms with Crippen LogP contribution in [0.5, 0.6) is 0 Å². The van der Waals surface area contributed by atoms with E-state index in [1.54, 1.807) is 0 Å². The Hall–Kier alpha value is -0.730. The van der Waals surface area contributed by atoms with Gasteiger partial charge in [-0.25, -0.2) is 0 Å². The summed E-state index contributed by atoms with van der Waals surface area (Å²) in [5.41, 5.74) is 5.89. The Morgan fingerprint density at radius 1 is 1.50 bits per heavy atom. The molecule has 0 radical (unpaired) electrons. The minimum absolute atomic E-state index is 0.607. The van der Waals surface area contributed by atoms with Gasteiger partial charge in [0.15, 0.2) is 5.96 Å². The molecular weight excluding hydrogens is 174 g/mol. The van der Waals surface area contributed by atoms with Gasteiger partial charge in [0.25, 0.3) is 0 Å². The maximum Gasteiger partial charge on any atom is 0.191 e. The van der Waals surface area contributed by atoms with E-state index in [1.807, 2.05) is 0 Å². The second-order valence-electron chi connectivity index (χ2n) is 4.59. The van der Waals surface area contributed by atoms with Crippen LogP contribution in [0.1, 0.15) is 39.0 Å². The fourth-order valence-electron chi connectivity index (χ4n) is 2.08. The van der Waals surface area contributed by atoms with Crippen LogP contribution in [0.4, 0.5) is 0 Å². The van der Waals surface area contributed by atoms with Crippen molar-refractivity contribution in [3.05, 3.63) is 0 Å². The highest BCUT2D eigenvalue weighted by atomic mass is 15.3. The molecule has 80 valence electrons. The second-order valence-corrected chi connectivity index (χ2v) is 4.59. The molecule has 2 N–H and O–H groups in total. The molecule has 3 nitrogen and oxygen atoms in total.